The maximum atomic E-state index is 11.1. The largest absolute Gasteiger partial charge is 0.481 e. The van der Waals surface area contributed by atoms with Crippen molar-refractivity contribution in [1.29, 1.82) is 0 Å². The highest BCUT2D eigenvalue weighted by atomic mass is 16.4. The second-order valence-electron chi connectivity index (χ2n) is 2.79. The van der Waals surface area contributed by atoms with Crippen LogP contribution in [0.4, 0.5) is 0 Å². The van der Waals surface area contributed by atoms with Crippen LogP contribution in [0.25, 0.3) is 0 Å². The summed E-state index contributed by atoms with van der Waals surface area (Å²) in [6, 6.07) is 0. The summed E-state index contributed by atoms with van der Waals surface area (Å²) in [6.07, 6.45) is -0.00805. The predicted molar refractivity (Wildman–Crippen MR) is 41.6 cm³/mol. The number of carboxylic acid groups (broad SMARTS) is 1. The van der Waals surface area contributed by atoms with Crippen LogP contribution in [0.1, 0.15) is 6.42 Å². The van der Waals surface area contributed by atoms with Gasteiger partial charge in [0.15, 0.2) is 0 Å². The topological polar surface area (TPSA) is 78.4 Å². The van der Waals surface area contributed by atoms with Gasteiger partial charge in [0.25, 0.3) is 0 Å². The molecular formula is C7H12N2O3. The summed E-state index contributed by atoms with van der Waals surface area (Å²) in [6.45, 7) is 1.64. The molecule has 0 bridgehead atoms. The van der Waals surface area contributed by atoms with E-state index < -0.39 is 5.97 Å². The first-order chi connectivity index (χ1) is 5.70. The van der Waals surface area contributed by atoms with Crippen LogP contribution in [0.15, 0.2) is 0 Å². The number of carbonyl (C=O) groups is 2. The van der Waals surface area contributed by atoms with E-state index >= 15 is 0 Å². The molecule has 0 unspecified atom stereocenters. The van der Waals surface area contributed by atoms with E-state index in [9.17, 15) is 9.59 Å². The molecule has 5 nitrogen and oxygen atoms in total. The number of aliphatic carboxylic acids is 1. The van der Waals surface area contributed by atoms with Crippen LogP contribution in [-0.2, 0) is 9.59 Å². The molecule has 0 aromatic rings. The third-order valence-corrected chi connectivity index (χ3v) is 1.79. The molecule has 1 rings (SSSR count). The van der Waals surface area contributed by atoms with E-state index in [1.54, 1.807) is 0 Å². The van der Waals surface area contributed by atoms with Crippen LogP contribution in [0.3, 0.4) is 0 Å². The normalized spacial score (nSPS) is 16.7. The molecule has 1 saturated heterocycles. The van der Waals surface area contributed by atoms with E-state index in [0.29, 0.717) is 13.1 Å². The van der Waals surface area contributed by atoms with Crippen LogP contribution in [0, 0.1) is 5.92 Å². The van der Waals surface area contributed by atoms with Gasteiger partial charge in [-0.2, -0.15) is 0 Å². The predicted octanol–water partition coefficient (Wildman–Crippen LogP) is -1.20. The molecule has 0 aromatic carbocycles. The van der Waals surface area contributed by atoms with Crippen molar-refractivity contribution >= 4 is 11.9 Å². The Hall–Kier alpha value is -1.10. The molecule has 68 valence electrons. The number of nitrogens with one attached hydrogen (secondary N) is 2. The van der Waals surface area contributed by atoms with E-state index in [-0.39, 0.29) is 24.8 Å². The van der Waals surface area contributed by atoms with Crippen LogP contribution < -0.4 is 10.6 Å². The fourth-order valence-electron chi connectivity index (χ4n) is 0.911. The highest BCUT2D eigenvalue weighted by Crippen LogP contribution is 2.01. The summed E-state index contributed by atoms with van der Waals surface area (Å²) in [5, 5.41) is 13.8. The van der Waals surface area contributed by atoms with Gasteiger partial charge in [0.1, 0.15) is 0 Å². The van der Waals surface area contributed by atoms with Gasteiger partial charge in [0.05, 0.1) is 12.3 Å². The molecule has 12 heavy (non-hydrogen) atoms. The van der Waals surface area contributed by atoms with Gasteiger partial charge in [-0.1, -0.05) is 0 Å². The zero-order chi connectivity index (χ0) is 8.97. The minimum Gasteiger partial charge on any atom is -0.481 e. The zero-order valence-electron chi connectivity index (χ0n) is 6.67. The Morgan fingerprint density at radius 3 is 2.58 bits per heavy atom. The summed E-state index contributed by atoms with van der Waals surface area (Å²) < 4.78 is 0. The SMILES string of the molecule is O=C(O)CCNC(=O)C1CNC1. The fourth-order valence-corrected chi connectivity index (χ4v) is 0.911. The molecule has 5 heteroatoms. The minimum atomic E-state index is -0.887. The van der Waals surface area contributed by atoms with Crippen LogP contribution in [0.2, 0.25) is 0 Å². The lowest BCUT2D eigenvalue weighted by Crippen LogP contribution is -2.51. The standard InChI is InChI=1S/C7H12N2O3/c10-6(11)1-2-9-7(12)5-3-8-4-5/h5,8H,1-4H2,(H,9,12)(H,10,11). The van der Waals surface area contributed by atoms with E-state index in [2.05, 4.69) is 10.6 Å². The monoisotopic (exact) mass is 172 g/mol. The van der Waals surface area contributed by atoms with Crippen molar-refractivity contribution in [2.75, 3.05) is 19.6 Å². The Morgan fingerprint density at radius 2 is 2.17 bits per heavy atom. The molecule has 3 N–H and O–H groups in total. The van der Waals surface area contributed by atoms with Gasteiger partial charge < -0.3 is 15.7 Å². The quantitative estimate of drug-likeness (QED) is 0.497. The summed E-state index contributed by atoms with van der Waals surface area (Å²) >= 11 is 0. The average molecular weight is 172 g/mol. The maximum absolute atomic E-state index is 11.1. The lowest BCUT2D eigenvalue weighted by molar-refractivity contribution is -0.137. The van der Waals surface area contributed by atoms with Crippen molar-refractivity contribution in [3.05, 3.63) is 0 Å². The molecule has 1 heterocycles. The van der Waals surface area contributed by atoms with Gasteiger partial charge in [-0.05, 0) is 0 Å². The van der Waals surface area contributed by atoms with E-state index in [0.717, 1.165) is 0 Å². The highest BCUT2D eigenvalue weighted by Gasteiger charge is 2.24. The Morgan fingerprint density at radius 1 is 1.50 bits per heavy atom. The number of hydrogen-bond donors (Lipinski definition) is 3. The number of amides is 1. The van der Waals surface area contributed by atoms with Gasteiger partial charge in [-0.15, -0.1) is 0 Å². The van der Waals surface area contributed by atoms with Crippen LogP contribution in [0.5, 0.6) is 0 Å². The van der Waals surface area contributed by atoms with Crippen molar-refractivity contribution in [2.45, 2.75) is 6.42 Å². The van der Waals surface area contributed by atoms with E-state index in [1.807, 2.05) is 0 Å². The van der Waals surface area contributed by atoms with Gasteiger partial charge in [-0.3, -0.25) is 9.59 Å². The molecule has 0 aromatic heterocycles. The maximum Gasteiger partial charge on any atom is 0.305 e. The van der Waals surface area contributed by atoms with E-state index in [1.165, 1.54) is 0 Å². The minimum absolute atomic E-state index is 0.00805. The third-order valence-electron chi connectivity index (χ3n) is 1.79. The molecule has 0 aliphatic carbocycles. The molecule has 1 aliphatic heterocycles. The smallest absolute Gasteiger partial charge is 0.305 e. The molecular weight excluding hydrogens is 160 g/mol. The second kappa shape index (κ2) is 4.06. The zero-order valence-corrected chi connectivity index (χ0v) is 6.67. The Kier molecular flexibility index (Phi) is 3.04. The molecule has 0 radical (unpaired) electrons. The number of hydrogen-bond acceptors (Lipinski definition) is 3. The molecule has 0 saturated carbocycles. The first-order valence-electron chi connectivity index (χ1n) is 3.90. The van der Waals surface area contributed by atoms with Crippen LogP contribution in [-0.4, -0.2) is 36.6 Å². The number of rotatable bonds is 4. The average Bonchev–Trinajstić information content (AvgIpc) is 1.81. The van der Waals surface area contributed by atoms with Gasteiger partial charge in [-0.25, -0.2) is 0 Å². The summed E-state index contributed by atoms with van der Waals surface area (Å²) in [7, 11) is 0. The molecule has 0 spiro atoms. The summed E-state index contributed by atoms with van der Waals surface area (Å²) in [5.41, 5.74) is 0. The van der Waals surface area contributed by atoms with Crippen molar-refractivity contribution in [3.63, 3.8) is 0 Å². The molecule has 1 fully saturated rings. The lowest BCUT2D eigenvalue weighted by Gasteiger charge is -2.25. The van der Waals surface area contributed by atoms with Crippen molar-refractivity contribution in [3.8, 4) is 0 Å². The van der Waals surface area contributed by atoms with Crippen molar-refractivity contribution in [1.82, 2.24) is 10.6 Å². The second-order valence-corrected chi connectivity index (χ2v) is 2.79. The Bertz CT molecular complexity index is 189. The van der Waals surface area contributed by atoms with Gasteiger partial charge in [0.2, 0.25) is 5.91 Å². The van der Waals surface area contributed by atoms with Gasteiger partial charge >= 0.3 is 5.97 Å². The Labute approximate surface area is 70.1 Å². The first kappa shape index (κ1) is 8.99. The van der Waals surface area contributed by atoms with E-state index in [4.69, 9.17) is 5.11 Å². The number of carbonyl (C=O) groups excluding carboxylic acids is 1. The molecule has 1 aliphatic rings. The highest BCUT2D eigenvalue weighted by molar-refractivity contribution is 5.80. The number of carboxylic acids is 1. The lowest BCUT2D eigenvalue weighted by atomic mass is 10.0. The molecule has 0 atom stereocenters. The van der Waals surface area contributed by atoms with Crippen LogP contribution >= 0.6 is 0 Å². The third kappa shape index (κ3) is 2.50. The van der Waals surface area contributed by atoms with Gasteiger partial charge in [0, 0.05) is 19.6 Å². The fraction of sp³-hybridized carbons (Fsp3) is 0.714. The summed E-state index contributed by atoms with van der Waals surface area (Å²) in [5.74, 6) is -0.893. The summed E-state index contributed by atoms with van der Waals surface area (Å²) in [4.78, 5) is 21.1. The van der Waals surface area contributed by atoms with Crippen molar-refractivity contribution < 1.29 is 14.7 Å². The molecule has 1 amide bonds. The Balaban J connectivity index is 2.05. The first-order valence-corrected chi connectivity index (χ1v) is 3.90. The van der Waals surface area contributed by atoms with Crippen molar-refractivity contribution in [2.24, 2.45) is 5.92 Å².